The molecule has 1 aliphatic heterocycles. The summed E-state index contributed by atoms with van der Waals surface area (Å²) < 4.78 is 4.53. The molecule has 0 N–H and O–H groups in total. The van der Waals surface area contributed by atoms with Crippen LogP contribution in [0.5, 0.6) is 0 Å². The number of halogens is 1. The van der Waals surface area contributed by atoms with Crippen LogP contribution in [-0.2, 0) is 9.53 Å². The highest BCUT2D eigenvalue weighted by molar-refractivity contribution is 5.85. The number of methoxy groups -OCH3 is 1. The Morgan fingerprint density at radius 2 is 2.00 bits per heavy atom. The van der Waals surface area contributed by atoms with Crippen molar-refractivity contribution in [1.82, 2.24) is 4.90 Å². The molecular formula is C7H14ClNO2. The summed E-state index contributed by atoms with van der Waals surface area (Å²) in [4.78, 5) is 12.8. The summed E-state index contributed by atoms with van der Waals surface area (Å²) in [7, 11) is 1.43. The first kappa shape index (κ1) is 10.7. The Kier molecular flexibility index (Phi) is 5.24. The van der Waals surface area contributed by atoms with Gasteiger partial charge in [-0.15, -0.1) is 12.4 Å². The topological polar surface area (TPSA) is 29.5 Å². The molecule has 0 saturated carbocycles. The molecule has 0 aromatic rings. The second-order valence-electron chi connectivity index (χ2n) is 2.56. The summed E-state index contributed by atoms with van der Waals surface area (Å²) in [5.41, 5.74) is 0. The van der Waals surface area contributed by atoms with Gasteiger partial charge in [-0.25, -0.2) is 0 Å². The normalized spacial score (nSPS) is 17.5. The molecule has 0 unspecified atom stereocenters. The lowest BCUT2D eigenvalue weighted by Crippen LogP contribution is -2.27. The van der Waals surface area contributed by atoms with Gasteiger partial charge in [0.2, 0.25) is 0 Å². The van der Waals surface area contributed by atoms with Gasteiger partial charge in [0.1, 0.15) is 0 Å². The fraction of sp³-hybridized carbons (Fsp3) is 0.857. The van der Waals surface area contributed by atoms with Crippen LogP contribution < -0.4 is 0 Å². The fourth-order valence-corrected chi connectivity index (χ4v) is 1.19. The molecule has 0 bridgehead atoms. The van der Waals surface area contributed by atoms with Crippen LogP contribution in [0.15, 0.2) is 0 Å². The molecule has 11 heavy (non-hydrogen) atoms. The van der Waals surface area contributed by atoms with E-state index in [1.165, 1.54) is 20.0 Å². The van der Waals surface area contributed by atoms with Crippen molar-refractivity contribution in [2.75, 3.05) is 26.7 Å². The number of esters is 1. The van der Waals surface area contributed by atoms with E-state index in [2.05, 4.69) is 9.64 Å². The van der Waals surface area contributed by atoms with Gasteiger partial charge in [-0.3, -0.25) is 9.69 Å². The van der Waals surface area contributed by atoms with Crippen LogP contribution in [-0.4, -0.2) is 37.6 Å². The molecular weight excluding hydrogens is 166 g/mol. The van der Waals surface area contributed by atoms with Gasteiger partial charge in [0.25, 0.3) is 0 Å². The summed E-state index contributed by atoms with van der Waals surface area (Å²) in [6.45, 7) is 2.57. The number of hydrogen-bond donors (Lipinski definition) is 0. The van der Waals surface area contributed by atoms with E-state index in [0.29, 0.717) is 6.54 Å². The molecule has 1 aliphatic rings. The van der Waals surface area contributed by atoms with E-state index in [-0.39, 0.29) is 18.4 Å². The van der Waals surface area contributed by atoms with Crippen LogP contribution >= 0.6 is 12.4 Å². The zero-order chi connectivity index (χ0) is 7.40. The Morgan fingerprint density at radius 3 is 2.45 bits per heavy atom. The van der Waals surface area contributed by atoms with Gasteiger partial charge in [0, 0.05) is 0 Å². The lowest BCUT2D eigenvalue weighted by atomic mass is 10.4. The molecule has 1 heterocycles. The Bertz CT molecular complexity index is 124. The van der Waals surface area contributed by atoms with Crippen molar-refractivity contribution < 1.29 is 9.53 Å². The first-order chi connectivity index (χ1) is 4.83. The van der Waals surface area contributed by atoms with Gasteiger partial charge in [0.05, 0.1) is 13.7 Å². The highest BCUT2D eigenvalue weighted by Crippen LogP contribution is 2.05. The molecule has 1 rings (SSSR count). The molecule has 0 atom stereocenters. The quantitative estimate of drug-likeness (QED) is 0.584. The first-order valence-corrected chi connectivity index (χ1v) is 3.62. The van der Waals surface area contributed by atoms with Crippen molar-refractivity contribution in [3.63, 3.8) is 0 Å². The zero-order valence-corrected chi connectivity index (χ0v) is 7.52. The van der Waals surface area contributed by atoms with Crippen molar-refractivity contribution in [3.8, 4) is 0 Å². The summed E-state index contributed by atoms with van der Waals surface area (Å²) in [6, 6.07) is 0. The number of ether oxygens (including phenoxy) is 1. The van der Waals surface area contributed by atoms with E-state index in [0.717, 1.165) is 13.1 Å². The van der Waals surface area contributed by atoms with Gasteiger partial charge < -0.3 is 4.74 Å². The number of likely N-dealkylation sites (tertiary alicyclic amines) is 1. The third-order valence-corrected chi connectivity index (χ3v) is 1.78. The van der Waals surface area contributed by atoms with Crippen LogP contribution in [0.2, 0.25) is 0 Å². The van der Waals surface area contributed by atoms with Gasteiger partial charge in [-0.1, -0.05) is 0 Å². The lowest BCUT2D eigenvalue weighted by molar-refractivity contribution is -0.141. The predicted molar refractivity (Wildman–Crippen MR) is 44.9 cm³/mol. The number of carbonyl (C=O) groups is 1. The molecule has 0 spiro atoms. The Balaban J connectivity index is 0.000001000. The number of rotatable bonds is 2. The molecule has 1 saturated heterocycles. The summed E-state index contributed by atoms with van der Waals surface area (Å²) in [5, 5.41) is 0. The van der Waals surface area contributed by atoms with Crippen LogP contribution in [0.25, 0.3) is 0 Å². The van der Waals surface area contributed by atoms with Gasteiger partial charge in [-0.05, 0) is 25.9 Å². The van der Waals surface area contributed by atoms with Crippen LogP contribution in [0.3, 0.4) is 0 Å². The molecule has 0 amide bonds. The molecule has 0 aromatic heterocycles. The standard InChI is InChI=1S/C7H13NO2.ClH/c1-10-7(9)6-8-4-2-3-5-8;/h2-6H2,1H3;1H. The summed E-state index contributed by atoms with van der Waals surface area (Å²) >= 11 is 0. The number of hydrogen-bond acceptors (Lipinski definition) is 3. The van der Waals surface area contributed by atoms with E-state index in [4.69, 9.17) is 0 Å². The van der Waals surface area contributed by atoms with Crippen molar-refractivity contribution in [3.05, 3.63) is 0 Å². The second-order valence-corrected chi connectivity index (χ2v) is 2.56. The van der Waals surface area contributed by atoms with Crippen molar-refractivity contribution in [2.45, 2.75) is 12.8 Å². The SMILES string of the molecule is COC(=O)CN1CCCC1.Cl. The first-order valence-electron chi connectivity index (χ1n) is 3.62. The molecule has 0 aliphatic carbocycles. The Labute approximate surface area is 73.1 Å². The zero-order valence-electron chi connectivity index (χ0n) is 6.71. The average Bonchev–Trinajstić information content (AvgIpc) is 2.40. The third-order valence-electron chi connectivity index (χ3n) is 1.78. The number of carbonyl (C=O) groups excluding carboxylic acids is 1. The number of nitrogens with zero attached hydrogens (tertiary/aromatic N) is 1. The minimum Gasteiger partial charge on any atom is -0.468 e. The minimum absolute atomic E-state index is 0. The van der Waals surface area contributed by atoms with Gasteiger partial charge >= 0.3 is 5.97 Å². The molecule has 0 aromatic carbocycles. The van der Waals surface area contributed by atoms with Crippen LogP contribution in [0.4, 0.5) is 0 Å². The van der Waals surface area contributed by atoms with Crippen molar-refractivity contribution in [1.29, 1.82) is 0 Å². The Hall–Kier alpha value is -0.280. The highest BCUT2D eigenvalue weighted by Gasteiger charge is 2.14. The van der Waals surface area contributed by atoms with Crippen LogP contribution in [0.1, 0.15) is 12.8 Å². The molecule has 66 valence electrons. The third kappa shape index (κ3) is 3.58. The predicted octanol–water partition coefficient (Wildman–Crippen LogP) is 0.677. The monoisotopic (exact) mass is 179 g/mol. The van der Waals surface area contributed by atoms with E-state index < -0.39 is 0 Å². The summed E-state index contributed by atoms with van der Waals surface area (Å²) in [6.07, 6.45) is 2.44. The smallest absolute Gasteiger partial charge is 0.319 e. The van der Waals surface area contributed by atoms with E-state index in [1.54, 1.807) is 0 Å². The molecule has 3 nitrogen and oxygen atoms in total. The minimum atomic E-state index is -0.123. The van der Waals surface area contributed by atoms with Gasteiger partial charge in [-0.2, -0.15) is 0 Å². The Morgan fingerprint density at radius 1 is 1.45 bits per heavy atom. The highest BCUT2D eigenvalue weighted by atomic mass is 35.5. The maximum absolute atomic E-state index is 10.7. The maximum atomic E-state index is 10.7. The fourth-order valence-electron chi connectivity index (χ4n) is 1.19. The molecule has 4 heteroatoms. The van der Waals surface area contributed by atoms with E-state index in [9.17, 15) is 4.79 Å². The van der Waals surface area contributed by atoms with Crippen LogP contribution in [0, 0.1) is 0 Å². The van der Waals surface area contributed by atoms with Crippen molar-refractivity contribution in [2.24, 2.45) is 0 Å². The van der Waals surface area contributed by atoms with Gasteiger partial charge in [0.15, 0.2) is 0 Å². The van der Waals surface area contributed by atoms with Crippen molar-refractivity contribution >= 4 is 18.4 Å². The molecule has 0 radical (unpaired) electrons. The largest absolute Gasteiger partial charge is 0.468 e. The average molecular weight is 180 g/mol. The van der Waals surface area contributed by atoms with E-state index in [1.807, 2.05) is 0 Å². The molecule has 1 fully saturated rings. The maximum Gasteiger partial charge on any atom is 0.319 e. The van der Waals surface area contributed by atoms with E-state index >= 15 is 0 Å². The lowest BCUT2D eigenvalue weighted by Gasteiger charge is -2.11. The summed E-state index contributed by atoms with van der Waals surface area (Å²) in [5.74, 6) is -0.123. The second kappa shape index (κ2) is 5.38.